The summed E-state index contributed by atoms with van der Waals surface area (Å²) < 4.78 is 18.9. The number of carbonyl (C=O) groups is 2. The van der Waals surface area contributed by atoms with Gasteiger partial charge < -0.3 is 20.1 Å². The first-order valence-electron chi connectivity index (χ1n) is 12.0. The maximum absolute atomic E-state index is 13.5. The van der Waals surface area contributed by atoms with Crippen LogP contribution in [0.1, 0.15) is 73.2 Å². The van der Waals surface area contributed by atoms with Crippen LogP contribution in [0.25, 0.3) is 11.4 Å². The molecule has 1 aliphatic heterocycles. The van der Waals surface area contributed by atoms with E-state index < -0.39 is 24.2 Å². The summed E-state index contributed by atoms with van der Waals surface area (Å²) in [5.41, 5.74) is 2.68. The maximum atomic E-state index is 13.5. The van der Waals surface area contributed by atoms with E-state index >= 15 is 0 Å². The van der Waals surface area contributed by atoms with Gasteiger partial charge in [-0.15, -0.1) is 0 Å². The summed E-state index contributed by atoms with van der Waals surface area (Å²) in [4.78, 5) is 33.1. The molecule has 4 rings (SSSR count). The van der Waals surface area contributed by atoms with E-state index in [1.807, 2.05) is 13.8 Å². The first-order valence-corrected chi connectivity index (χ1v) is 12.4. The standard InChI is InChI=1S/C27H29ClFN3O4/c1-15(2)24-25(32-26(31-24)16-5-9-19(29)10-6-16)22(12-11-21-13-20(33)14-23(34)36-21)30-27(35)17-3-7-18(28)8-4-17/h3-10,15,20-22,33H,11-14H2,1-2H3,(H,30,35)(H,31,32)/t20-,21-,22?/m1/s1. The number of rotatable bonds is 8. The predicted octanol–water partition coefficient (Wildman–Crippen LogP) is 5.31. The van der Waals surface area contributed by atoms with Crippen molar-refractivity contribution in [1.82, 2.24) is 15.3 Å². The molecule has 7 nitrogen and oxygen atoms in total. The number of benzene rings is 2. The molecular weight excluding hydrogens is 485 g/mol. The summed E-state index contributed by atoms with van der Waals surface area (Å²) in [6, 6.07) is 12.1. The number of aromatic nitrogens is 2. The van der Waals surface area contributed by atoms with Gasteiger partial charge in [-0.3, -0.25) is 9.59 Å². The van der Waals surface area contributed by atoms with Gasteiger partial charge in [0.25, 0.3) is 5.91 Å². The van der Waals surface area contributed by atoms with Gasteiger partial charge in [0.2, 0.25) is 0 Å². The molecule has 3 aromatic rings. The second-order valence-corrected chi connectivity index (χ2v) is 9.80. The number of amides is 1. The van der Waals surface area contributed by atoms with Crippen molar-refractivity contribution in [2.75, 3.05) is 0 Å². The Morgan fingerprint density at radius 3 is 2.56 bits per heavy atom. The lowest BCUT2D eigenvalue weighted by molar-refractivity contribution is -0.160. The number of hydrogen-bond acceptors (Lipinski definition) is 5. The Balaban J connectivity index is 1.64. The van der Waals surface area contributed by atoms with Gasteiger partial charge >= 0.3 is 5.97 Å². The number of halogens is 2. The highest BCUT2D eigenvalue weighted by Crippen LogP contribution is 2.31. The molecule has 0 aliphatic carbocycles. The zero-order chi connectivity index (χ0) is 25.8. The molecule has 3 N–H and O–H groups in total. The Labute approximate surface area is 214 Å². The summed E-state index contributed by atoms with van der Waals surface area (Å²) in [6.45, 7) is 4.01. The third-order valence-electron chi connectivity index (χ3n) is 6.20. The van der Waals surface area contributed by atoms with E-state index in [1.54, 1.807) is 36.4 Å². The van der Waals surface area contributed by atoms with Gasteiger partial charge in [0.15, 0.2) is 0 Å². The number of esters is 1. The van der Waals surface area contributed by atoms with Crippen LogP contribution in [-0.2, 0) is 9.53 Å². The zero-order valence-electron chi connectivity index (χ0n) is 20.1. The molecule has 2 heterocycles. The van der Waals surface area contributed by atoms with Crippen molar-refractivity contribution in [3.8, 4) is 11.4 Å². The SMILES string of the molecule is CC(C)c1nc(-c2ccc(F)cc2)[nH]c1C(CC[C@@H]1C[C@@H](O)CC(=O)O1)NC(=O)c1ccc(Cl)cc1. The number of cyclic esters (lactones) is 1. The van der Waals surface area contributed by atoms with E-state index in [-0.39, 0.29) is 24.1 Å². The van der Waals surface area contributed by atoms with Crippen LogP contribution in [0, 0.1) is 5.82 Å². The Morgan fingerprint density at radius 1 is 1.22 bits per heavy atom. The molecule has 1 fully saturated rings. The van der Waals surface area contributed by atoms with Gasteiger partial charge in [-0.2, -0.15) is 0 Å². The molecule has 9 heteroatoms. The fourth-order valence-electron chi connectivity index (χ4n) is 4.37. The molecule has 0 radical (unpaired) electrons. The van der Waals surface area contributed by atoms with Crippen LogP contribution in [0.2, 0.25) is 5.02 Å². The third-order valence-corrected chi connectivity index (χ3v) is 6.45. The van der Waals surface area contributed by atoms with Crippen LogP contribution in [-0.4, -0.2) is 39.2 Å². The normalized spacial score (nSPS) is 18.7. The van der Waals surface area contributed by atoms with E-state index in [2.05, 4.69) is 10.3 Å². The van der Waals surface area contributed by atoms with Crippen molar-refractivity contribution >= 4 is 23.5 Å². The Morgan fingerprint density at radius 2 is 1.92 bits per heavy atom. The Hall–Kier alpha value is -3.23. The average Bonchev–Trinajstić information content (AvgIpc) is 3.28. The van der Waals surface area contributed by atoms with E-state index in [0.29, 0.717) is 35.7 Å². The third kappa shape index (κ3) is 6.30. The number of H-pyrrole nitrogens is 1. The largest absolute Gasteiger partial charge is 0.462 e. The van der Waals surface area contributed by atoms with E-state index in [4.69, 9.17) is 21.3 Å². The minimum absolute atomic E-state index is 0.00763. The van der Waals surface area contributed by atoms with Crippen LogP contribution in [0.4, 0.5) is 4.39 Å². The molecule has 1 aromatic heterocycles. The van der Waals surface area contributed by atoms with Gasteiger partial charge in [-0.25, -0.2) is 9.37 Å². The van der Waals surface area contributed by atoms with Gasteiger partial charge in [-0.05, 0) is 67.3 Å². The van der Waals surface area contributed by atoms with Crippen molar-refractivity contribution in [2.45, 2.75) is 63.7 Å². The van der Waals surface area contributed by atoms with Crippen LogP contribution in [0.5, 0.6) is 0 Å². The predicted molar refractivity (Wildman–Crippen MR) is 134 cm³/mol. The number of ether oxygens (including phenoxy) is 1. The fourth-order valence-corrected chi connectivity index (χ4v) is 4.50. The van der Waals surface area contributed by atoms with E-state index in [1.165, 1.54) is 12.1 Å². The molecule has 0 saturated carbocycles. The monoisotopic (exact) mass is 513 g/mol. The lowest BCUT2D eigenvalue weighted by Crippen LogP contribution is -2.34. The van der Waals surface area contributed by atoms with Gasteiger partial charge in [0.05, 0.1) is 30.0 Å². The number of aliphatic hydroxyl groups is 1. The van der Waals surface area contributed by atoms with Crippen LogP contribution in [0.15, 0.2) is 48.5 Å². The van der Waals surface area contributed by atoms with Crippen LogP contribution >= 0.6 is 11.6 Å². The molecule has 1 unspecified atom stereocenters. The number of aromatic amines is 1. The number of carbonyl (C=O) groups excluding carboxylic acids is 2. The van der Waals surface area contributed by atoms with Gasteiger partial charge in [0.1, 0.15) is 17.7 Å². The second kappa shape index (κ2) is 11.2. The summed E-state index contributed by atoms with van der Waals surface area (Å²) in [7, 11) is 0. The molecule has 0 bridgehead atoms. The highest BCUT2D eigenvalue weighted by atomic mass is 35.5. The van der Waals surface area contributed by atoms with E-state index in [0.717, 1.165) is 17.0 Å². The summed E-state index contributed by atoms with van der Waals surface area (Å²) >= 11 is 5.97. The van der Waals surface area contributed by atoms with Crippen molar-refractivity contribution in [3.63, 3.8) is 0 Å². The van der Waals surface area contributed by atoms with Crippen molar-refractivity contribution < 1.29 is 23.8 Å². The number of nitrogens with one attached hydrogen (secondary N) is 2. The Kier molecular flexibility index (Phi) is 8.06. The first-order chi connectivity index (χ1) is 17.2. The number of aliphatic hydroxyl groups excluding tert-OH is 1. The quantitative estimate of drug-likeness (QED) is 0.354. The lowest BCUT2D eigenvalue weighted by Gasteiger charge is -2.28. The van der Waals surface area contributed by atoms with Gasteiger partial charge in [-0.1, -0.05) is 25.4 Å². The van der Waals surface area contributed by atoms with Crippen LogP contribution in [0.3, 0.4) is 0 Å². The minimum atomic E-state index is -0.734. The van der Waals surface area contributed by atoms with E-state index in [9.17, 15) is 19.1 Å². The Bertz CT molecular complexity index is 1210. The smallest absolute Gasteiger partial charge is 0.308 e. The van der Waals surface area contributed by atoms with Crippen molar-refractivity contribution in [3.05, 3.63) is 76.3 Å². The molecular formula is C27H29ClFN3O4. The fraction of sp³-hybridized carbons (Fsp3) is 0.370. The summed E-state index contributed by atoms with van der Waals surface area (Å²) in [5, 5.41) is 13.6. The second-order valence-electron chi connectivity index (χ2n) is 9.36. The maximum Gasteiger partial charge on any atom is 0.308 e. The van der Waals surface area contributed by atoms with Crippen LogP contribution < -0.4 is 5.32 Å². The number of nitrogens with zero attached hydrogens (tertiary/aromatic N) is 1. The number of imidazole rings is 1. The van der Waals surface area contributed by atoms with Crippen molar-refractivity contribution in [2.24, 2.45) is 0 Å². The molecule has 0 spiro atoms. The molecule has 1 aliphatic rings. The summed E-state index contributed by atoms with van der Waals surface area (Å²) in [5.74, 6) is -0.450. The van der Waals surface area contributed by atoms with Crippen molar-refractivity contribution in [1.29, 1.82) is 0 Å². The topological polar surface area (TPSA) is 104 Å². The molecule has 190 valence electrons. The highest BCUT2D eigenvalue weighted by Gasteiger charge is 2.30. The highest BCUT2D eigenvalue weighted by molar-refractivity contribution is 6.30. The minimum Gasteiger partial charge on any atom is -0.462 e. The molecule has 2 aromatic carbocycles. The molecule has 3 atom stereocenters. The molecule has 1 saturated heterocycles. The molecule has 36 heavy (non-hydrogen) atoms. The summed E-state index contributed by atoms with van der Waals surface area (Å²) in [6.07, 6.45) is 0.0440. The lowest BCUT2D eigenvalue weighted by atomic mass is 9.95. The zero-order valence-corrected chi connectivity index (χ0v) is 20.9. The number of hydrogen-bond donors (Lipinski definition) is 3. The average molecular weight is 514 g/mol. The first kappa shape index (κ1) is 25.9. The van der Waals surface area contributed by atoms with Gasteiger partial charge in [0, 0.05) is 22.6 Å². The molecule has 1 amide bonds.